The van der Waals surface area contributed by atoms with Crippen LogP contribution in [-0.4, -0.2) is 15.6 Å². The van der Waals surface area contributed by atoms with E-state index in [9.17, 15) is 9.59 Å². The number of carboxylic acid groups (broad SMARTS) is 1. The van der Waals surface area contributed by atoms with E-state index in [1.54, 1.807) is 20.9 Å². The van der Waals surface area contributed by atoms with Crippen molar-refractivity contribution in [1.82, 2.24) is 4.57 Å². The Morgan fingerprint density at radius 1 is 1.43 bits per heavy atom. The molecule has 0 amide bonds. The Kier molecular flexibility index (Phi) is 4.68. The predicted molar refractivity (Wildman–Crippen MR) is 48.1 cm³/mol. The number of aromatic carboxylic acids is 1. The summed E-state index contributed by atoms with van der Waals surface area (Å²) in [6.45, 7) is 3.22. The van der Waals surface area contributed by atoms with Crippen molar-refractivity contribution in [2.75, 3.05) is 0 Å². The summed E-state index contributed by atoms with van der Waals surface area (Å²) in [5.41, 5.74) is 0.954. The molecule has 0 atom stereocenters. The molecule has 1 heterocycles. The Balaban J connectivity index is 0.00000169. The normalized spacial score (nSPS) is 9.36. The molecule has 0 fully saturated rings. The Hall–Kier alpha value is -0.476. The topological polar surface area (TPSA) is 59.3 Å². The number of carboxylic acids is 1. The zero-order valence-electron chi connectivity index (χ0n) is 8.37. The van der Waals surface area contributed by atoms with E-state index in [0.717, 1.165) is 0 Å². The minimum absolute atomic E-state index is 0. The van der Waals surface area contributed by atoms with Crippen LogP contribution in [0.4, 0.5) is 0 Å². The standard InChI is InChI=1S/C9H11NO3.Y/c1-5-4-7(9(12)13)6(2)10(3)8(5)11;/h4H,1-3H3,(H,12,13);. The summed E-state index contributed by atoms with van der Waals surface area (Å²) in [6, 6.07) is 1.40. The number of hydrogen-bond donors (Lipinski definition) is 1. The molecular formula is C9H11NO3Y. The quantitative estimate of drug-likeness (QED) is 0.817. The number of aromatic nitrogens is 1. The van der Waals surface area contributed by atoms with Crippen molar-refractivity contribution in [1.29, 1.82) is 0 Å². The van der Waals surface area contributed by atoms with Gasteiger partial charge >= 0.3 is 5.97 Å². The van der Waals surface area contributed by atoms with Crippen LogP contribution in [0, 0.1) is 13.8 Å². The van der Waals surface area contributed by atoms with Gasteiger partial charge in [0.1, 0.15) is 0 Å². The molecule has 0 saturated heterocycles. The molecule has 0 unspecified atom stereocenters. The summed E-state index contributed by atoms with van der Waals surface area (Å²) in [5.74, 6) is -1.00. The Labute approximate surface area is 107 Å². The second-order valence-corrected chi connectivity index (χ2v) is 3.00. The van der Waals surface area contributed by atoms with Gasteiger partial charge in [0.05, 0.1) is 5.56 Å². The molecule has 0 aromatic carbocycles. The van der Waals surface area contributed by atoms with Crippen molar-refractivity contribution >= 4 is 5.97 Å². The Morgan fingerprint density at radius 2 is 1.93 bits per heavy atom. The average molecular weight is 270 g/mol. The first-order valence-corrected chi connectivity index (χ1v) is 3.85. The number of rotatable bonds is 1. The molecule has 4 nitrogen and oxygen atoms in total. The maximum absolute atomic E-state index is 11.3. The van der Waals surface area contributed by atoms with E-state index in [2.05, 4.69) is 0 Å². The fourth-order valence-electron chi connectivity index (χ4n) is 1.20. The van der Waals surface area contributed by atoms with E-state index >= 15 is 0 Å². The molecule has 0 aliphatic carbocycles. The summed E-state index contributed by atoms with van der Waals surface area (Å²) in [6.07, 6.45) is 0. The summed E-state index contributed by atoms with van der Waals surface area (Å²) >= 11 is 0. The van der Waals surface area contributed by atoms with Crippen LogP contribution in [0.3, 0.4) is 0 Å². The van der Waals surface area contributed by atoms with E-state index in [1.807, 2.05) is 0 Å². The van der Waals surface area contributed by atoms with Crippen LogP contribution >= 0.6 is 0 Å². The van der Waals surface area contributed by atoms with Gasteiger partial charge in [-0.2, -0.15) is 0 Å². The molecular weight excluding hydrogens is 259 g/mol. The number of nitrogens with zero attached hydrogens (tertiary/aromatic N) is 1. The van der Waals surface area contributed by atoms with Crippen molar-refractivity contribution in [3.05, 3.63) is 33.2 Å². The van der Waals surface area contributed by atoms with Crippen LogP contribution in [0.25, 0.3) is 0 Å². The van der Waals surface area contributed by atoms with Gasteiger partial charge in [-0.15, -0.1) is 0 Å². The minimum Gasteiger partial charge on any atom is -0.478 e. The number of carbonyl (C=O) groups is 1. The second kappa shape index (κ2) is 4.85. The fraction of sp³-hybridized carbons (Fsp3) is 0.333. The first-order valence-electron chi connectivity index (χ1n) is 3.85. The maximum atomic E-state index is 11.3. The van der Waals surface area contributed by atoms with Gasteiger partial charge in [-0.1, -0.05) is 0 Å². The summed E-state index contributed by atoms with van der Waals surface area (Å²) in [7, 11) is 1.57. The molecule has 0 aliphatic heterocycles. The first-order chi connectivity index (χ1) is 5.95. The van der Waals surface area contributed by atoms with Gasteiger partial charge in [0.25, 0.3) is 5.56 Å². The molecule has 1 radical (unpaired) electrons. The van der Waals surface area contributed by atoms with Gasteiger partial charge in [-0.3, -0.25) is 4.79 Å². The van der Waals surface area contributed by atoms with E-state index in [0.29, 0.717) is 11.3 Å². The van der Waals surface area contributed by atoms with Crippen molar-refractivity contribution in [3.63, 3.8) is 0 Å². The molecule has 0 aliphatic rings. The third kappa shape index (κ3) is 2.31. The molecule has 73 valence electrons. The van der Waals surface area contributed by atoms with Gasteiger partial charge in [-0.05, 0) is 19.9 Å². The maximum Gasteiger partial charge on any atom is 0.337 e. The van der Waals surface area contributed by atoms with Gasteiger partial charge in [0, 0.05) is 51.0 Å². The summed E-state index contributed by atoms with van der Waals surface area (Å²) < 4.78 is 1.35. The molecule has 0 bridgehead atoms. The first kappa shape index (κ1) is 13.5. The largest absolute Gasteiger partial charge is 0.478 e. The van der Waals surface area contributed by atoms with Crippen LogP contribution in [0.5, 0.6) is 0 Å². The van der Waals surface area contributed by atoms with Crippen molar-refractivity contribution in [2.45, 2.75) is 13.8 Å². The molecule has 0 spiro atoms. The van der Waals surface area contributed by atoms with Crippen molar-refractivity contribution in [3.8, 4) is 0 Å². The van der Waals surface area contributed by atoms with Gasteiger partial charge in [0.15, 0.2) is 0 Å². The molecule has 1 N–H and O–H groups in total. The average Bonchev–Trinajstić information content (AvgIpc) is 2.07. The number of aryl methyl sites for hydroxylation is 1. The number of hydrogen-bond acceptors (Lipinski definition) is 2. The van der Waals surface area contributed by atoms with E-state index < -0.39 is 5.97 Å². The second-order valence-electron chi connectivity index (χ2n) is 3.00. The zero-order valence-corrected chi connectivity index (χ0v) is 11.2. The van der Waals surface area contributed by atoms with E-state index in [1.165, 1.54) is 10.6 Å². The molecule has 0 saturated carbocycles. The molecule has 14 heavy (non-hydrogen) atoms. The third-order valence-corrected chi connectivity index (χ3v) is 2.13. The molecule has 1 aromatic rings. The Morgan fingerprint density at radius 3 is 2.36 bits per heavy atom. The molecule has 5 heteroatoms. The Bertz CT molecular complexity index is 423. The summed E-state index contributed by atoms with van der Waals surface area (Å²) in [4.78, 5) is 22.1. The van der Waals surface area contributed by atoms with Crippen LogP contribution < -0.4 is 5.56 Å². The fourth-order valence-corrected chi connectivity index (χ4v) is 1.20. The van der Waals surface area contributed by atoms with E-state index in [4.69, 9.17) is 5.11 Å². The number of pyridine rings is 1. The van der Waals surface area contributed by atoms with Crippen molar-refractivity contribution < 1.29 is 42.6 Å². The van der Waals surface area contributed by atoms with Crippen LogP contribution in [0.2, 0.25) is 0 Å². The van der Waals surface area contributed by atoms with Gasteiger partial charge in [-0.25, -0.2) is 4.79 Å². The summed E-state index contributed by atoms with van der Waals surface area (Å²) in [5, 5.41) is 8.79. The predicted octanol–water partition coefficient (Wildman–Crippen LogP) is 0.698. The van der Waals surface area contributed by atoms with E-state index in [-0.39, 0.29) is 43.8 Å². The van der Waals surface area contributed by atoms with Crippen LogP contribution in [0.1, 0.15) is 21.6 Å². The van der Waals surface area contributed by atoms with Crippen LogP contribution in [-0.2, 0) is 39.8 Å². The van der Waals surface area contributed by atoms with Crippen molar-refractivity contribution in [2.24, 2.45) is 7.05 Å². The SMILES string of the molecule is Cc1cc(C(=O)O)c(C)n(C)c1=O.[Y]. The minimum atomic E-state index is -1.00. The third-order valence-electron chi connectivity index (χ3n) is 2.13. The smallest absolute Gasteiger partial charge is 0.337 e. The zero-order chi connectivity index (χ0) is 10.2. The van der Waals surface area contributed by atoms with Gasteiger partial charge in [0.2, 0.25) is 0 Å². The van der Waals surface area contributed by atoms with Crippen LogP contribution in [0.15, 0.2) is 10.9 Å². The monoisotopic (exact) mass is 270 g/mol. The van der Waals surface area contributed by atoms with Gasteiger partial charge < -0.3 is 9.67 Å². The molecule has 1 aromatic heterocycles. The molecule has 1 rings (SSSR count).